The number of imide groups is 1. The summed E-state index contributed by atoms with van der Waals surface area (Å²) < 4.78 is 5.13. The average Bonchev–Trinajstić information content (AvgIpc) is 3.08. The minimum absolute atomic E-state index is 0.130. The van der Waals surface area contributed by atoms with E-state index in [4.69, 9.17) is 4.74 Å². The van der Waals surface area contributed by atoms with Gasteiger partial charge in [0.15, 0.2) is 0 Å². The third-order valence-electron chi connectivity index (χ3n) is 5.57. The molecule has 0 aromatic heterocycles. The largest absolute Gasteiger partial charge is 0.497 e. The first kappa shape index (κ1) is 22.1. The maximum absolute atomic E-state index is 13.3. The van der Waals surface area contributed by atoms with Gasteiger partial charge < -0.3 is 15.0 Å². The first-order valence-corrected chi connectivity index (χ1v) is 10.7. The van der Waals surface area contributed by atoms with Crippen molar-refractivity contribution in [2.75, 3.05) is 23.9 Å². The number of amides is 4. The van der Waals surface area contributed by atoms with E-state index in [1.54, 1.807) is 55.6 Å². The molecule has 0 spiro atoms. The van der Waals surface area contributed by atoms with Crippen molar-refractivity contribution < 1.29 is 19.1 Å². The predicted molar refractivity (Wildman–Crippen MR) is 126 cm³/mol. The van der Waals surface area contributed by atoms with Crippen LogP contribution in [0.1, 0.15) is 12.0 Å². The molecule has 168 valence electrons. The van der Waals surface area contributed by atoms with Crippen LogP contribution in [0.4, 0.5) is 16.2 Å². The van der Waals surface area contributed by atoms with Gasteiger partial charge in [-0.25, -0.2) is 9.69 Å². The molecule has 33 heavy (non-hydrogen) atoms. The summed E-state index contributed by atoms with van der Waals surface area (Å²) in [5, 5.41) is 2.80. The van der Waals surface area contributed by atoms with Gasteiger partial charge in [0.05, 0.1) is 19.2 Å². The maximum atomic E-state index is 13.3. The number of ether oxygens (including phenoxy) is 1. The summed E-state index contributed by atoms with van der Waals surface area (Å²) >= 11 is 0. The molecule has 0 radical (unpaired) electrons. The molecule has 1 heterocycles. The number of carbonyl (C=O) groups is 3. The lowest BCUT2D eigenvalue weighted by Gasteiger charge is -2.21. The number of methoxy groups -OCH3 is 1. The zero-order chi connectivity index (χ0) is 23.2. The molecule has 4 amide bonds. The van der Waals surface area contributed by atoms with Crippen LogP contribution in [0.5, 0.6) is 5.75 Å². The molecule has 1 saturated heterocycles. The van der Waals surface area contributed by atoms with Crippen LogP contribution in [-0.4, -0.2) is 42.4 Å². The fourth-order valence-corrected chi connectivity index (χ4v) is 3.86. The van der Waals surface area contributed by atoms with Gasteiger partial charge in [-0.1, -0.05) is 48.5 Å². The normalized spacial score (nSPS) is 15.6. The number of carbonyl (C=O) groups excluding carboxylic acids is 3. The molecule has 0 aliphatic carbocycles. The standard InChI is InChI=1S/C26H25N3O4/c1-33-22-14-12-20(13-15-22)27-24(30)18-23-25(31)29(21-10-6-3-7-11-21)26(32)28(23)17-16-19-8-4-2-5-9-19/h2-15,23H,16-18H2,1H3,(H,27,30)/t23-/m1/s1. The summed E-state index contributed by atoms with van der Waals surface area (Å²) in [4.78, 5) is 42.0. The van der Waals surface area contributed by atoms with E-state index in [0.29, 0.717) is 30.1 Å². The van der Waals surface area contributed by atoms with Crippen molar-refractivity contribution in [1.82, 2.24) is 4.90 Å². The van der Waals surface area contributed by atoms with Crippen LogP contribution in [0.2, 0.25) is 0 Å². The number of nitrogens with one attached hydrogen (secondary N) is 1. The van der Waals surface area contributed by atoms with Gasteiger partial charge in [-0.15, -0.1) is 0 Å². The van der Waals surface area contributed by atoms with Crippen molar-refractivity contribution in [2.24, 2.45) is 0 Å². The van der Waals surface area contributed by atoms with Crippen LogP contribution in [0.15, 0.2) is 84.9 Å². The number of hydrogen-bond donors (Lipinski definition) is 1. The third kappa shape index (κ3) is 5.03. The molecule has 0 unspecified atom stereocenters. The lowest BCUT2D eigenvalue weighted by atomic mass is 10.1. The fourth-order valence-electron chi connectivity index (χ4n) is 3.86. The zero-order valence-corrected chi connectivity index (χ0v) is 18.3. The summed E-state index contributed by atoms with van der Waals surface area (Å²) in [7, 11) is 1.57. The fraction of sp³-hybridized carbons (Fsp3) is 0.192. The summed E-state index contributed by atoms with van der Waals surface area (Å²) in [6.45, 7) is 0.332. The van der Waals surface area contributed by atoms with Crippen molar-refractivity contribution in [3.8, 4) is 5.75 Å². The first-order chi connectivity index (χ1) is 16.1. The highest BCUT2D eigenvalue weighted by atomic mass is 16.5. The van der Waals surface area contributed by atoms with Crippen molar-refractivity contribution in [3.05, 3.63) is 90.5 Å². The second-order valence-electron chi connectivity index (χ2n) is 7.72. The molecule has 1 N–H and O–H groups in total. The number of urea groups is 1. The molecule has 4 rings (SSSR count). The van der Waals surface area contributed by atoms with E-state index in [1.165, 1.54) is 4.90 Å². The number of nitrogens with zero attached hydrogens (tertiary/aromatic N) is 2. The first-order valence-electron chi connectivity index (χ1n) is 10.7. The smallest absolute Gasteiger partial charge is 0.332 e. The molecular weight excluding hydrogens is 418 g/mol. The Hall–Kier alpha value is -4.13. The van der Waals surface area contributed by atoms with E-state index >= 15 is 0 Å². The molecule has 1 aliphatic heterocycles. The molecule has 3 aromatic rings. The molecule has 3 aromatic carbocycles. The number of rotatable bonds is 8. The van der Waals surface area contributed by atoms with E-state index < -0.39 is 18.0 Å². The van der Waals surface area contributed by atoms with E-state index in [2.05, 4.69) is 5.32 Å². The predicted octanol–water partition coefficient (Wildman–Crippen LogP) is 4.10. The van der Waals surface area contributed by atoms with Gasteiger partial charge in [0.1, 0.15) is 11.8 Å². The van der Waals surface area contributed by atoms with Gasteiger partial charge in [0.2, 0.25) is 5.91 Å². The van der Waals surface area contributed by atoms with E-state index in [9.17, 15) is 14.4 Å². The van der Waals surface area contributed by atoms with E-state index in [0.717, 1.165) is 10.5 Å². The maximum Gasteiger partial charge on any atom is 0.332 e. The zero-order valence-electron chi connectivity index (χ0n) is 18.3. The van der Waals surface area contributed by atoms with Crippen molar-refractivity contribution in [1.29, 1.82) is 0 Å². The highest BCUT2D eigenvalue weighted by molar-refractivity contribution is 6.22. The summed E-state index contributed by atoms with van der Waals surface area (Å²) in [6, 6.07) is 24.2. The Balaban J connectivity index is 1.52. The Morgan fingerprint density at radius 2 is 1.55 bits per heavy atom. The number of hydrogen-bond acceptors (Lipinski definition) is 4. The van der Waals surface area contributed by atoms with Crippen molar-refractivity contribution >= 4 is 29.2 Å². The van der Waals surface area contributed by atoms with Crippen LogP contribution < -0.4 is 15.0 Å². The van der Waals surface area contributed by atoms with Crippen LogP contribution >= 0.6 is 0 Å². The second kappa shape index (κ2) is 9.99. The quantitative estimate of drug-likeness (QED) is 0.532. The molecule has 7 nitrogen and oxygen atoms in total. The molecule has 1 aliphatic rings. The highest BCUT2D eigenvalue weighted by Crippen LogP contribution is 2.27. The lowest BCUT2D eigenvalue weighted by molar-refractivity contribution is -0.124. The molecule has 1 atom stereocenters. The van der Waals surface area contributed by atoms with Crippen molar-refractivity contribution in [3.63, 3.8) is 0 Å². The van der Waals surface area contributed by atoms with E-state index in [1.807, 2.05) is 36.4 Å². The van der Waals surface area contributed by atoms with Crippen LogP contribution in [-0.2, 0) is 16.0 Å². The SMILES string of the molecule is COc1ccc(NC(=O)C[C@@H]2C(=O)N(c3ccccc3)C(=O)N2CCc2ccccc2)cc1. The number of benzene rings is 3. The molecule has 1 fully saturated rings. The van der Waals surface area contributed by atoms with Crippen LogP contribution in [0.3, 0.4) is 0 Å². The van der Waals surface area contributed by atoms with Gasteiger partial charge in [0.25, 0.3) is 5.91 Å². The second-order valence-corrected chi connectivity index (χ2v) is 7.72. The Labute approximate surface area is 192 Å². The monoisotopic (exact) mass is 443 g/mol. The minimum Gasteiger partial charge on any atom is -0.497 e. The highest BCUT2D eigenvalue weighted by Gasteiger charge is 2.46. The van der Waals surface area contributed by atoms with E-state index in [-0.39, 0.29) is 12.3 Å². The van der Waals surface area contributed by atoms with Crippen LogP contribution in [0.25, 0.3) is 0 Å². The summed E-state index contributed by atoms with van der Waals surface area (Å²) in [6.07, 6.45) is 0.452. The minimum atomic E-state index is -0.875. The van der Waals surface area contributed by atoms with Gasteiger partial charge in [0, 0.05) is 12.2 Å². The summed E-state index contributed by atoms with van der Waals surface area (Å²) in [5.41, 5.74) is 2.14. The molecule has 0 bridgehead atoms. The number of para-hydroxylation sites is 1. The van der Waals surface area contributed by atoms with Crippen molar-refractivity contribution in [2.45, 2.75) is 18.9 Å². The van der Waals surface area contributed by atoms with Gasteiger partial charge in [-0.05, 0) is 48.4 Å². The van der Waals surface area contributed by atoms with Gasteiger partial charge in [-0.2, -0.15) is 0 Å². The summed E-state index contributed by atoms with van der Waals surface area (Å²) in [5.74, 6) is -0.0646. The Morgan fingerprint density at radius 3 is 2.18 bits per heavy atom. The Bertz CT molecular complexity index is 1120. The molecule has 0 saturated carbocycles. The Morgan fingerprint density at radius 1 is 0.909 bits per heavy atom. The lowest BCUT2D eigenvalue weighted by Crippen LogP contribution is -2.39. The Kier molecular flexibility index (Phi) is 6.69. The topological polar surface area (TPSA) is 79.0 Å². The van der Waals surface area contributed by atoms with Gasteiger partial charge in [-0.3, -0.25) is 9.59 Å². The molecule has 7 heteroatoms. The van der Waals surface area contributed by atoms with Crippen LogP contribution in [0, 0.1) is 0 Å². The average molecular weight is 444 g/mol. The third-order valence-corrected chi connectivity index (χ3v) is 5.57. The molecular formula is C26H25N3O4. The van der Waals surface area contributed by atoms with Gasteiger partial charge >= 0.3 is 6.03 Å². The number of anilines is 2.